The fraction of sp³-hybridized carbons (Fsp3) is 0.250. The Kier molecular flexibility index (Phi) is 3.84. The molecule has 4 aromatic rings. The first-order valence-electron chi connectivity index (χ1n) is 8.91. The zero-order valence-corrected chi connectivity index (χ0v) is 15.0. The van der Waals surface area contributed by atoms with Gasteiger partial charge in [0, 0.05) is 21.4 Å². The second kappa shape index (κ2) is 6.34. The van der Waals surface area contributed by atoms with Crippen molar-refractivity contribution in [3.8, 4) is 11.3 Å². The van der Waals surface area contributed by atoms with Crippen LogP contribution >= 0.6 is 11.6 Å². The molecule has 1 saturated heterocycles. The minimum atomic E-state index is 0.721. The number of aromatic nitrogens is 4. The molecule has 0 aliphatic carbocycles. The van der Waals surface area contributed by atoms with Gasteiger partial charge in [0.2, 0.25) is 0 Å². The van der Waals surface area contributed by atoms with Gasteiger partial charge in [-0.15, -0.1) is 10.2 Å². The fourth-order valence-corrected chi connectivity index (χ4v) is 3.81. The van der Waals surface area contributed by atoms with E-state index in [-0.39, 0.29) is 0 Å². The molecule has 130 valence electrons. The Morgan fingerprint density at radius 2 is 1.62 bits per heavy atom. The van der Waals surface area contributed by atoms with Crippen LogP contribution in [0.2, 0.25) is 5.02 Å². The maximum atomic E-state index is 6.06. The summed E-state index contributed by atoms with van der Waals surface area (Å²) in [5.74, 6) is 0.892. The third kappa shape index (κ3) is 2.64. The molecule has 5 nitrogen and oxygen atoms in total. The summed E-state index contributed by atoms with van der Waals surface area (Å²) in [5.41, 5.74) is 2.77. The first kappa shape index (κ1) is 15.7. The highest BCUT2D eigenvalue weighted by Gasteiger charge is 2.18. The summed E-state index contributed by atoms with van der Waals surface area (Å²) in [6, 6.07) is 16.0. The molecule has 1 aliphatic rings. The lowest BCUT2D eigenvalue weighted by Crippen LogP contribution is -2.20. The molecule has 2 aromatic heterocycles. The minimum absolute atomic E-state index is 0.721. The van der Waals surface area contributed by atoms with Crippen molar-refractivity contribution < 1.29 is 0 Å². The molecule has 0 atom stereocenters. The fourth-order valence-electron chi connectivity index (χ4n) is 3.68. The van der Waals surface area contributed by atoms with Crippen LogP contribution < -0.4 is 0 Å². The second-order valence-corrected chi connectivity index (χ2v) is 7.17. The molecule has 2 aromatic carbocycles. The maximum Gasteiger partial charge on any atom is 0.185 e. The summed E-state index contributed by atoms with van der Waals surface area (Å²) in [4.78, 5) is 2.41. The molecule has 0 N–H and O–H groups in total. The number of likely N-dealkylation sites (tertiary alicyclic amines) is 1. The summed E-state index contributed by atoms with van der Waals surface area (Å²) in [5, 5.41) is 16.7. The summed E-state index contributed by atoms with van der Waals surface area (Å²) in [6.07, 6.45) is 2.51. The number of rotatable bonds is 3. The Bertz CT molecular complexity index is 1080. The molecule has 0 spiro atoms. The Morgan fingerprint density at radius 1 is 0.885 bits per heavy atom. The Labute approximate surface area is 156 Å². The third-order valence-electron chi connectivity index (χ3n) is 5.01. The number of hydrogen-bond donors (Lipinski definition) is 0. The van der Waals surface area contributed by atoms with Crippen molar-refractivity contribution in [1.29, 1.82) is 0 Å². The van der Waals surface area contributed by atoms with Gasteiger partial charge in [-0.05, 0) is 38.1 Å². The Hall–Kier alpha value is -2.50. The van der Waals surface area contributed by atoms with Gasteiger partial charge in [0.05, 0.1) is 12.2 Å². The van der Waals surface area contributed by atoms with Crippen LogP contribution in [0.15, 0.2) is 48.5 Å². The molecule has 1 aliphatic heterocycles. The van der Waals surface area contributed by atoms with Crippen LogP contribution in [-0.4, -0.2) is 37.8 Å². The van der Waals surface area contributed by atoms with Gasteiger partial charge in [-0.1, -0.05) is 48.0 Å². The first-order valence-corrected chi connectivity index (χ1v) is 9.29. The largest absolute Gasteiger partial charge is 0.296 e. The highest BCUT2D eigenvalue weighted by molar-refractivity contribution is 6.30. The van der Waals surface area contributed by atoms with E-state index in [1.54, 1.807) is 0 Å². The average molecular weight is 364 g/mol. The van der Waals surface area contributed by atoms with Crippen molar-refractivity contribution in [2.75, 3.05) is 13.1 Å². The van der Waals surface area contributed by atoms with Crippen molar-refractivity contribution >= 4 is 28.0 Å². The van der Waals surface area contributed by atoms with Crippen LogP contribution in [0.25, 0.3) is 27.7 Å². The zero-order chi connectivity index (χ0) is 17.5. The summed E-state index contributed by atoms with van der Waals surface area (Å²) in [7, 11) is 0. The molecule has 0 amide bonds. The quantitative estimate of drug-likeness (QED) is 0.547. The van der Waals surface area contributed by atoms with Crippen molar-refractivity contribution in [2.45, 2.75) is 19.4 Å². The molecular formula is C20H18ClN5. The highest BCUT2D eigenvalue weighted by Crippen LogP contribution is 2.29. The normalized spacial score (nSPS) is 15.3. The predicted molar refractivity (Wildman–Crippen MR) is 103 cm³/mol. The van der Waals surface area contributed by atoms with Crippen LogP contribution in [0.5, 0.6) is 0 Å². The molecule has 0 radical (unpaired) electrons. The van der Waals surface area contributed by atoms with Gasteiger partial charge in [-0.3, -0.25) is 4.90 Å². The lowest BCUT2D eigenvalue weighted by atomic mass is 10.1. The first-order chi connectivity index (χ1) is 12.8. The number of halogens is 1. The Balaban J connectivity index is 1.72. The smallest absolute Gasteiger partial charge is 0.185 e. The van der Waals surface area contributed by atoms with Crippen molar-refractivity contribution in [3.63, 3.8) is 0 Å². The maximum absolute atomic E-state index is 6.06. The number of nitrogens with zero attached hydrogens (tertiary/aromatic N) is 5. The molecule has 3 heterocycles. The van der Waals surface area contributed by atoms with Crippen molar-refractivity contribution in [2.24, 2.45) is 0 Å². The van der Waals surface area contributed by atoms with Gasteiger partial charge < -0.3 is 0 Å². The summed E-state index contributed by atoms with van der Waals surface area (Å²) < 4.78 is 1.91. The van der Waals surface area contributed by atoms with Gasteiger partial charge in [0.15, 0.2) is 11.5 Å². The van der Waals surface area contributed by atoms with Gasteiger partial charge in [-0.2, -0.15) is 9.61 Å². The van der Waals surface area contributed by atoms with E-state index < -0.39 is 0 Å². The van der Waals surface area contributed by atoms with E-state index in [0.717, 1.165) is 58.2 Å². The van der Waals surface area contributed by atoms with Crippen molar-refractivity contribution in [3.05, 3.63) is 59.4 Å². The zero-order valence-electron chi connectivity index (χ0n) is 14.3. The topological polar surface area (TPSA) is 46.3 Å². The minimum Gasteiger partial charge on any atom is -0.296 e. The Morgan fingerprint density at radius 3 is 2.38 bits per heavy atom. The number of benzene rings is 2. The molecule has 0 bridgehead atoms. The van der Waals surface area contributed by atoms with Crippen LogP contribution in [-0.2, 0) is 6.54 Å². The molecule has 1 fully saturated rings. The van der Waals surface area contributed by atoms with Gasteiger partial charge in [0.25, 0.3) is 0 Å². The molecule has 0 saturated carbocycles. The highest BCUT2D eigenvalue weighted by atomic mass is 35.5. The monoisotopic (exact) mass is 363 g/mol. The van der Waals surface area contributed by atoms with E-state index in [0.29, 0.717) is 0 Å². The molecule has 5 rings (SSSR count). The van der Waals surface area contributed by atoms with E-state index in [1.165, 1.54) is 12.8 Å². The van der Waals surface area contributed by atoms with Gasteiger partial charge in [0.1, 0.15) is 0 Å². The van der Waals surface area contributed by atoms with E-state index in [2.05, 4.69) is 27.2 Å². The molecule has 0 unspecified atom stereocenters. The van der Waals surface area contributed by atoms with E-state index >= 15 is 0 Å². The lowest BCUT2D eigenvalue weighted by molar-refractivity contribution is 0.319. The predicted octanol–water partition coefficient (Wildman–Crippen LogP) is 4.19. The SMILES string of the molecule is Clc1ccc(-c2nn3c(CN4CCCC4)nnc3c3ccccc23)cc1. The second-order valence-electron chi connectivity index (χ2n) is 6.74. The standard InChI is InChI=1S/C20H18ClN5/c21-15-9-7-14(8-10-15)19-16-5-1-2-6-17(16)20-23-22-18(26(20)24-19)13-25-11-3-4-12-25/h1-2,5-10H,3-4,11-13H2. The number of fused-ring (bicyclic) bond motifs is 3. The molecule has 6 heteroatoms. The van der Waals surface area contributed by atoms with E-state index in [4.69, 9.17) is 16.7 Å². The van der Waals surface area contributed by atoms with E-state index in [9.17, 15) is 0 Å². The van der Waals surface area contributed by atoms with Crippen LogP contribution in [0.3, 0.4) is 0 Å². The third-order valence-corrected chi connectivity index (χ3v) is 5.26. The van der Waals surface area contributed by atoms with E-state index in [1.807, 2.05) is 40.9 Å². The van der Waals surface area contributed by atoms with Gasteiger partial charge in [-0.25, -0.2) is 0 Å². The van der Waals surface area contributed by atoms with Crippen LogP contribution in [0.1, 0.15) is 18.7 Å². The van der Waals surface area contributed by atoms with Crippen molar-refractivity contribution in [1.82, 2.24) is 24.7 Å². The van der Waals surface area contributed by atoms with Crippen LogP contribution in [0, 0.1) is 0 Å². The van der Waals surface area contributed by atoms with Gasteiger partial charge >= 0.3 is 0 Å². The molecular weight excluding hydrogens is 346 g/mol. The lowest BCUT2D eigenvalue weighted by Gasteiger charge is -2.13. The summed E-state index contributed by atoms with van der Waals surface area (Å²) >= 11 is 6.06. The molecule has 26 heavy (non-hydrogen) atoms. The average Bonchev–Trinajstić information content (AvgIpc) is 3.33. The number of hydrogen-bond acceptors (Lipinski definition) is 4. The van der Waals surface area contributed by atoms with Crippen LogP contribution in [0.4, 0.5) is 0 Å². The summed E-state index contributed by atoms with van der Waals surface area (Å²) in [6.45, 7) is 3.02.